The summed E-state index contributed by atoms with van der Waals surface area (Å²) in [6, 6.07) is 0. The molecule has 3 nitrogen and oxygen atoms in total. The van der Waals surface area contributed by atoms with E-state index in [2.05, 4.69) is 34.4 Å². The van der Waals surface area contributed by atoms with Crippen LogP contribution in [0, 0.1) is 0 Å². The molecule has 2 aliphatic rings. The summed E-state index contributed by atoms with van der Waals surface area (Å²) in [7, 11) is 0. The molecule has 0 atom stereocenters. The Morgan fingerprint density at radius 3 is 2.79 bits per heavy atom. The van der Waals surface area contributed by atoms with Crippen LogP contribution in [-0.2, 0) is 6.54 Å². The molecule has 0 radical (unpaired) electrons. The molecular formula is C15H25N3S. The minimum absolute atomic E-state index is 0.222. The number of aromatic nitrogens is 1. The molecule has 1 saturated carbocycles. The number of hydrogen-bond donors (Lipinski definition) is 1. The molecule has 1 spiro atoms. The van der Waals surface area contributed by atoms with Gasteiger partial charge in [-0.25, -0.2) is 4.98 Å². The van der Waals surface area contributed by atoms with Crippen LogP contribution in [0.1, 0.15) is 51.0 Å². The van der Waals surface area contributed by atoms with Crippen LogP contribution in [0.3, 0.4) is 0 Å². The van der Waals surface area contributed by atoms with Gasteiger partial charge in [-0.2, -0.15) is 0 Å². The summed E-state index contributed by atoms with van der Waals surface area (Å²) in [5, 5.41) is 7.13. The van der Waals surface area contributed by atoms with Crippen LogP contribution in [0.5, 0.6) is 0 Å². The number of nitrogens with zero attached hydrogens (tertiary/aromatic N) is 2. The highest BCUT2D eigenvalue weighted by molar-refractivity contribution is 7.09. The number of nitrogens with one attached hydrogen (secondary N) is 1. The van der Waals surface area contributed by atoms with Gasteiger partial charge in [-0.1, -0.05) is 19.3 Å². The maximum absolute atomic E-state index is 4.49. The Kier molecular flexibility index (Phi) is 3.67. The molecule has 0 amide bonds. The highest BCUT2D eigenvalue weighted by Crippen LogP contribution is 2.38. The van der Waals surface area contributed by atoms with Gasteiger partial charge in [-0.05, 0) is 26.7 Å². The van der Waals surface area contributed by atoms with Crippen LogP contribution in [0.25, 0.3) is 0 Å². The topological polar surface area (TPSA) is 28.2 Å². The maximum atomic E-state index is 4.49. The first kappa shape index (κ1) is 13.5. The van der Waals surface area contributed by atoms with Crippen molar-refractivity contribution in [3.05, 3.63) is 16.6 Å². The fraction of sp³-hybridized carbons (Fsp3) is 0.800. The molecule has 3 rings (SSSR count). The molecule has 1 saturated heterocycles. The second kappa shape index (κ2) is 5.15. The van der Waals surface area contributed by atoms with Gasteiger partial charge in [0.05, 0.1) is 6.54 Å². The molecular weight excluding hydrogens is 254 g/mol. The van der Waals surface area contributed by atoms with Crippen molar-refractivity contribution in [1.82, 2.24) is 15.2 Å². The SMILES string of the molecule is CC1(C)CN(Cc2nccs2)C2(CCCCC2)CN1. The average molecular weight is 279 g/mol. The number of hydrogen-bond acceptors (Lipinski definition) is 4. The van der Waals surface area contributed by atoms with E-state index >= 15 is 0 Å². The first-order valence-corrected chi connectivity index (χ1v) is 8.36. The summed E-state index contributed by atoms with van der Waals surface area (Å²) in [4.78, 5) is 7.22. The van der Waals surface area contributed by atoms with Crippen LogP contribution in [0.4, 0.5) is 0 Å². The number of piperazine rings is 1. The van der Waals surface area contributed by atoms with Gasteiger partial charge in [0.2, 0.25) is 0 Å². The van der Waals surface area contributed by atoms with E-state index in [4.69, 9.17) is 0 Å². The monoisotopic (exact) mass is 279 g/mol. The molecule has 2 heterocycles. The highest BCUT2D eigenvalue weighted by atomic mass is 32.1. The van der Waals surface area contributed by atoms with E-state index in [1.165, 1.54) is 37.1 Å². The number of rotatable bonds is 2. The van der Waals surface area contributed by atoms with Crippen molar-refractivity contribution in [2.24, 2.45) is 0 Å². The van der Waals surface area contributed by atoms with E-state index in [0.29, 0.717) is 5.54 Å². The molecule has 1 aromatic rings. The van der Waals surface area contributed by atoms with Gasteiger partial charge in [0.1, 0.15) is 5.01 Å². The van der Waals surface area contributed by atoms with Crippen molar-refractivity contribution in [1.29, 1.82) is 0 Å². The molecule has 1 aliphatic heterocycles. The van der Waals surface area contributed by atoms with Crippen molar-refractivity contribution in [3.63, 3.8) is 0 Å². The van der Waals surface area contributed by atoms with Crippen molar-refractivity contribution in [3.8, 4) is 0 Å². The highest BCUT2D eigenvalue weighted by Gasteiger charge is 2.44. The van der Waals surface area contributed by atoms with E-state index in [1.54, 1.807) is 11.3 Å². The summed E-state index contributed by atoms with van der Waals surface area (Å²) in [6.45, 7) is 7.94. The van der Waals surface area contributed by atoms with Gasteiger partial charge in [-0.15, -0.1) is 11.3 Å². The van der Waals surface area contributed by atoms with Crippen LogP contribution in [0.15, 0.2) is 11.6 Å². The Morgan fingerprint density at radius 1 is 1.32 bits per heavy atom. The van der Waals surface area contributed by atoms with Gasteiger partial charge < -0.3 is 5.32 Å². The lowest BCUT2D eigenvalue weighted by atomic mass is 9.77. The molecule has 0 aromatic carbocycles. The Bertz CT molecular complexity index is 407. The molecule has 1 aromatic heterocycles. The fourth-order valence-electron chi connectivity index (χ4n) is 3.64. The summed E-state index contributed by atoms with van der Waals surface area (Å²) >= 11 is 1.79. The van der Waals surface area contributed by atoms with Crippen molar-refractivity contribution in [2.75, 3.05) is 13.1 Å². The summed E-state index contributed by atoms with van der Waals surface area (Å²) < 4.78 is 0. The third kappa shape index (κ3) is 2.86. The minimum Gasteiger partial charge on any atom is -0.309 e. The van der Waals surface area contributed by atoms with E-state index in [0.717, 1.165) is 19.6 Å². The standard InChI is InChI=1S/C15H25N3S/c1-14(2)12-18(10-13-16-8-9-19-13)15(11-17-14)6-4-3-5-7-15/h8-9,17H,3-7,10-12H2,1-2H3. The normalized spacial score (nSPS) is 26.6. The molecule has 19 heavy (non-hydrogen) atoms. The Labute approximate surface area is 120 Å². The van der Waals surface area contributed by atoms with Crippen LogP contribution in [-0.4, -0.2) is 34.1 Å². The lowest BCUT2D eigenvalue weighted by Crippen LogP contribution is -2.68. The first-order chi connectivity index (χ1) is 9.10. The van der Waals surface area contributed by atoms with Gasteiger partial charge in [0.25, 0.3) is 0 Å². The quantitative estimate of drug-likeness (QED) is 0.902. The fourth-order valence-corrected chi connectivity index (χ4v) is 4.27. The second-order valence-corrected chi connectivity index (χ2v) is 7.78. The Morgan fingerprint density at radius 2 is 2.11 bits per heavy atom. The predicted molar refractivity (Wildman–Crippen MR) is 80.4 cm³/mol. The minimum atomic E-state index is 0.222. The van der Waals surface area contributed by atoms with Gasteiger partial charge in [-0.3, -0.25) is 4.90 Å². The van der Waals surface area contributed by atoms with Crippen LogP contribution in [0.2, 0.25) is 0 Å². The average Bonchev–Trinajstić information content (AvgIpc) is 2.88. The Balaban J connectivity index is 1.80. The van der Waals surface area contributed by atoms with E-state index in [1.807, 2.05) is 6.20 Å². The van der Waals surface area contributed by atoms with E-state index in [-0.39, 0.29) is 5.54 Å². The second-order valence-electron chi connectivity index (χ2n) is 6.80. The van der Waals surface area contributed by atoms with E-state index in [9.17, 15) is 0 Å². The molecule has 1 N–H and O–H groups in total. The molecule has 4 heteroatoms. The van der Waals surface area contributed by atoms with Gasteiger partial charge in [0.15, 0.2) is 0 Å². The summed E-state index contributed by atoms with van der Waals surface area (Å²) in [5.74, 6) is 0. The summed E-state index contributed by atoms with van der Waals surface area (Å²) in [5.41, 5.74) is 0.611. The summed E-state index contributed by atoms with van der Waals surface area (Å²) in [6.07, 6.45) is 8.81. The van der Waals surface area contributed by atoms with Crippen molar-refractivity contribution >= 4 is 11.3 Å². The van der Waals surface area contributed by atoms with Crippen LogP contribution >= 0.6 is 11.3 Å². The largest absolute Gasteiger partial charge is 0.309 e. The molecule has 0 bridgehead atoms. The van der Waals surface area contributed by atoms with Gasteiger partial charge >= 0.3 is 0 Å². The first-order valence-electron chi connectivity index (χ1n) is 7.48. The zero-order valence-corrected chi connectivity index (χ0v) is 12.9. The third-order valence-corrected chi connectivity index (χ3v) is 5.51. The lowest BCUT2D eigenvalue weighted by molar-refractivity contribution is -0.0161. The van der Waals surface area contributed by atoms with E-state index < -0.39 is 0 Å². The molecule has 106 valence electrons. The maximum Gasteiger partial charge on any atom is 0.107 e. The smallest absolute Gasteiger partial charge is 0.107 e. The lowest BCUT2D eigenvalue weighted by Gasteiger charge is -2.54. The zero-order valence-electron chi connectivity index (χ0n) is 12.1. The number of thiazole rings is 1. The van der Waals surface area contributed by atoms with Crippen molar-refractivity contribution in [2.45, 2.75) is 63.6 Å². The molecule has 0 unspecified atom stereocenters. The zero-order chi connectivity index (χ0) is 13.3. The predicted octanol–water partition coefficient (Wildman–Crippen LogP) is 3.03. The van der Waals surface area contributed by atoms with Crippen molar-refractivity contribution < 1.29 is 0 Å². The Hall–Kier alpha value is -0.450. The molecule has 2 fully saturated rings. The van der Waals surface area contributed by atoms with Crippen LogP contribution < -0.4 is 5.32 Å². The molecule has 1 aliphatic carbocycles. The third-order valence-electron chi connectivity index (χ3n) is 4.75. The van der Waals surface area contributed by atoms with Gasteiger partial charge in [0, 0.05) is 35.7 Å².